The summed E-state index contributed by atoms with van der Waals surface area (Å²) in [7, 11) is 0. The van der Waals surface area contributed by atoms with Crippen molar-refractivity contribution in [3.63, 3.8) is 0 Å². The van der Waals surface area contributed by atoms with Crippen molar-refractivity contribution in [3.8, 4) is 11.5 Å². The predicted molar refractivity (Wildman–Crippen MR) is 84.7 cm³/mol. The molecule has 1 saturated carbocycles. The average Bonchev–Trinajstić information content (AvgIpc) is 3.42. The third kappa shape index (κ3) is 4.22. The van der Waals surface area contributed by atoms with Crippen molar-refractivity contribution >= 4 is 11.7 Å². The fourth-order valence-electron chi connectivity index (χ4n) is 2.60. The van der Waals surface area contributed by atoms with Gasteiger partial charge in [-0.2, -0.15) is 0 Å². The molecule has 1 heterocycles. The average molecular weight is 318 g/mol. The van der Waals surface area contributed by atoms with Gasteiger partial charge in [0.25, 0.3) is 0 Å². The third-order valence-corrected chi connectivity index (χ3v) is 4.21. The molecule has 1 atom stereocenters. The summed E-state index contributed by atoms with van der Waals surface area (Å²) in [6.07, 6.45) is 2.65. The Bertz CT molecular complexity index is 598. The maximum Gasteiger partial charge on any atom is 0.220 e. The Morgan fingerprint density at radius 1 is 1.17 bits per heavy atom. The highest BCUT2D eigenvalue weighted by molar-refractivity contribution is 5.98. The van der Waals surface area contributed by atoms with Gasteiger partial charge in [-0.1, -0.05) is 0 Å². The highest BCUT2D eigenvalue weighted by Gasteiger charge is 2.28. The fourth-order valence-corrected chi connectivity index (χ4v) is 2.60. The molecule has 23 heavy (non-hydrogen) atoms. The number of carbonyl (C=O) groups is 2. The molecule has 6 heteroatoms. The number of amides is 1. The van der Waals surface area contributed by atoms with Gasteiger partial charge in [-0.3, -0.25) is 9.59 Å². The first-order valence-corrected chi connectivity index (χ1v) is 8.08. The van der Waals surface area contributed by atoms with Crippen LogP contribution < -0.4 is 20.5 Å². The molecule has 0 bridgehead atoms. The first-order valence-electron chi connectivity index (χ1n) is 8.08. The standard InChI is InChI=1S/C17H22N2O4/c18-13(11-1-2-11)10-19-17(21)6-4-14(20)12-3-5-15-16(9-12)23-8-7-22-15/h3,5,9,11,13H,1-2,4,6-8,10,18H2,(H,19,21). The minimum absolute atomic E-state index is 0.0347. The molecular weight excluding hydrogens is 296 g/mol. The quantitative estimate of drug-likeness (QED) is 0.739. The summed E-state index contributed by atoms with van der Waals surface area (Å²) >= 11 is 0. The number of hydrogen-bond acceptors (Lipinski definition) is 5. The van der Waals surface area contributed by atoms with E-state index in [4.69, 9.17) is 15.2 Å². The minimum Gasteiger partial charge on any atom is -0.486 e. The molecule has 1 aromatic rings. The predicted octanol–water partition coefficient (Wildman–Crippen LogP) is 1.27. The van der Waals surface area contributed by atoms with Crippen molar-refractivity contribution in [1.29, 1.82) is 0 Å². The van der Waals surface area contributed by atoms with Gasteiger partial charge in [0.1, 0.15) is 13.2 Å². The van der Waals surface area contributed by atoms with Crippen LogP contribution in [0, 0.1) is 5.92 Å². The van der Waals surface area contributed by atoms with Crippen LogP contribution in [0.1, 0.15) is 36.0 Å². The van der Waals surface area contributed by atoms with E-state index < -0.39 is 0 Å². The van der Waals surface area contributed by atoms with E-state index in [0.717, 1.165) is 12.8 Å². The maximum atomic E-state index is 12.2. The highest BCUT2D eigenvalue weighted by atomic mass is 16.6. The minimum atomic E-state index is -0.132. The summed E-state index contributed by atoms with van der Waals surface area (Å²) in [5.74, 6) is 1.58. The van der Waals surface area contributed by atoms with Crippen LogP contribution in [0.25, 0.3) is 0 Å². The summed E-state index contributed by atoms with van der Waals surface area (Å²) in [5.41, 5.74) is 6.47. The normalized spacial score (nSPS) is 17.4. The Balaban J connectivity index is 1.46. The molecule has 0 aromatic heterocycles. The molecule has 6 nitrogen and oxygen atoms in total. The number of Topliss-reactive ketones (excluding diaryl/α,β-unsaturated/α-hetero) is 1. The zero-order valence-electron chi connectivity index (χ0n) is 13.0. The fraction of sp³-hybridized carbons (Fsp3) is 0.529. The molecule has 1 amide bonds. The number of rotatable bonds is 7. The van der Waals surface area contributed by atoms with E-state index in [9.17, 15) is 9.59 Å². The SMILES string of the molecule is NC(CNC(=O)CCC(=O)c1ccc2c(c1)OCCO2)C1CC1. The van der Waals surface area contributed by atoms with Crippen molar-refractivity contribution in [2.75, 3.05) is 19.8 Å². The number of carbonyl (C=O) groups excluding carboxylic acids is 2. The number of ketones is 1. The molecule has 1 unspecified atom stereocenters. The number of fused-ring (bicyclic) bond motifs is 1. The molecule has 3 N–H and O–H groups in total. The van der Waals surface area contributed by atoms with Crippen LogP contribution in [0.2, 0.25) is 0 Å². The van der Waals surface area contributed by atoms with Gasteiger partial charge in [0.15, 0.2) is 17.3 Å². The summed E-state index contributed by atoms with van der Waals surface area (Å²) in [6.45, 7) is 1.49. The van der Waals surface area contributed by atoms with Crippen molar-refractivity contribution in [3.05, 3.63) is 23.8 Å². The summed E-state index contributed by atoms with van der Waals surface area (Å²) in [6, 6.07) is 5.15. The van der Waals surface area contributed by atoms with E-state index >= 15 is 0 Å². The van der Waals surface area contributed by atoms with E-state index in [1.165, 1.54) is 0 Å². The largest absolute Gasteiger partial charge is 0.486 e. The molecule has 0 radical (unpaired) electrons. The number of benzene rings is 1. The Hall–Kier alpha value is -2.08. The lowest BCUT2D eigenvalue weighted by atomic mass is 10.1. The van der Waals surface area contributed by atoms with Crippen LogP contribution in [0.15, 0.2) is 18.2 Å². The molecule has 1 fully saturated rings. The van der Waals surface area contributed by atoms with Gasteiger partial charge in [0, 0.05) is 31.0 Å². The van der Waals surface area contributed by atoms with Crippen LogP contribution >= 0.6 is 0 Å². The molecule has 0 saturated heterocycles. The first-order chi connectivity index (χ1) is 11.1. The van der Waals surface area contributed by atoms with E-state index in [2.05, 4.69) is 5.32 Å². The van der Waals surface area contributed by atoms with E-state index in [1.54, 1.807) is 18.2 Å². The van der Waals surface area contributed by atoms with Crippen LogP contribution in [0.3, 0.4) is 0 Å². The second-order valence-electron chi connectivity index (χ2n) is 6.09. The summed E-state index contributed by atoms with van der Waals surface area (Å²) in [5, 5.41) is 2.80. The molecule has 3 rings (SSSR count). The van der Waals surface area contributed by atoms with Gasteiger partial charge in [-0.15, -0.1) is 0 Å². The van der Waals surface area contributed by atoms with Gasteiger partial charge in [0.2, 0.25) is 5.91 Å². The van der Waals surface area contributed by atoms with E-state index in [0.29, 0.717) is 42.7 Å². The zero-order chi connectivity index (χ0) is 16.2. The Kier molecular flexibility index (Phi) is 4.81. The van der Waals surface area contributed by atoms with E-state index in [-0.39, 0.29) is 30.6 Å². The number of hydrogen-bond donors (Lipinski definition) is 2. The third-order valence-electron chi connectivity index (χ3n) is 4.21. The Labute approximate surface area is 135 Å². The molecular formula is C17H22N2O4. The maximum absolute atomic E-state index is 12.2. The summed E-state index contributed by atoms with van der Waals surface area (Å²) in [4.78, 5) is 24.0. The monoisotopic (exact) mass is 318 g/mol. The lowest BCUT2D eigenvalue weighted by Gasteiger charge is -2.18. The van der Waals surface area contributed by atoms with Crippen LogP contribution in [-0.4, -0.2) is 37.5 Å². The van der Waals surface area contributed by atoms with E-state index in [1.807, 2.05) is 0 Å². The number of nitrogens with one attached hydrogen (secondary N) is 1. The van der Waals surface area contributed by atoms with Crippen molar-refractivity contribution < 1.29 is 19.1 Å². The van der Waals surface area contributed by atoms with Crippen LogP contribution in [0.4, 0.5) is 0 Å². The molecule has 2 aliphatic rings. The van der Waals surface area contributed by atoms with Crippen molar-refractivity contribution in [1.82, 2.24) is 5.32 Å². The Morgan fingerprint density at radius 3 is 2.65 bits per heavy atom. The lowest BCUT2D eigenvalue weighted by molar-refractivity contribution is -0.121. The molecule has 1 aliphatic heterocycles. The number of nitrogens with two attached hydrogens (primary N) is 1. The van der Waals surface area contributed by atoms with Crippen molar-refractivity contribution in [2.24, 2.45) is 11.7 Å². The Morgan fingerprint density at radius 2 is 1.91 bits per heavy atom. The highest BCUT2D eigenvalue weighted by Crippen LogP contribution is 2.31. The second-order valence-corrected chi connectivity index (χ2v) is 6.09. The van der Waals surface area contributed by atoms with Gasteiger partial charge >= 0.3 is 0 Å². The van der Waals surface area contributed by atoms with Crippen molar-refractivity contribution in [2.45, 2.75) is 31.7 Å². The number of ether oxygens (including phenoxy) is 2. The lowest BCUT2D eigenvalue weighted by Crippen LogP contribution is -2.38. The van der Waals surface area contributed by atoms with Gasteiger partial charge in [-0.25, -0.2) is 0 Å². The van der Waals surface area contributed by atoms with Gasteiger partial charge in [0.05, 0.1) is 0 Å². The summed E-state index contributed by atoms with van der Waals surface area (Å²) < 4.78 is 10.9. The molecule has 1 aliphatic carbocycles. The second kappa shape index (κ2) is 7.00. The molecule has 1 aromatic carbocycles. The van der Waals surface area contributed by atoms with Crippen LogP contribution in [0.5, 0.6) is 11.5 Å². The smallest absolute Gasteiger partial charge is 0.220 e. The molecule has 124 valence electrons. The van der Waals surface area contributed by atoms with Gasteiger partial charge in [-0.05, 0) is 37.0 Å². The first kappa shape index (κ1) is 15.8. The molecule has 0 spiro atoms. The van der Waals surface area contributed by atoms with Crippen LogP contribution in [-0.2, 0) is 4.79 Å². The van der Waals surface area contributed by atoms with Gasteiger partial charge < -0.3 is 20.5 Å². The topological polar surface area (TPSA) is 90.7 Å². The zero-order valence-corrected chi connectivity index (χ0v) is 13.0.